The van der Waals surface area contributed by atoms with Crippen molar-refractivity contribution < 1.29 is 4.79 Å². The van der Waals surface area contributed by atoms with Crippen molar-refractivity contribution in [3.63, 3.8) is 0 Å². The molecule has 2 atom stereocenters. The minimum Gasteiger partial charge on any atom is -0.368 e. The van der Waals surface area contributed by atoms with Gasteiger partial charge < -0.3 is 11.1 Å². The number of primary amides is 1. The summed E-state index contributed by atoms with van der Waals surface area (Å²) in [5, 5.41) is 2.91. The van der Waals surface area contributed by atoms with Gasteiger partial charge in [-0.25, -0.2) is 0 Å². The molecule has 0 heterocycles. The highest BCUT2D eigenvalue weighted by molar-refractivity contribution is 5.89. The average molecular weight is 140 g/mol. The van der Waals surface area contributed by atoms with E-state index in [1.54, 1.807) is 13.1 Å². The van der Waals surface area contributed by atoms with Crippen molar-refractivity contribution in [2.24, 2.45) is 11.7 Å². The third-order valence-electron chi connectivity index (χ3n) is 2.19. The van der Waals surface area contributed by atoms with Gasteiger partial charge in [-0.3, -0.25) is 4.79 Å². The molecule has 2 unspecified atom stereocenters. The molecule has 0 aromatic carbocycles. The summed E-state index contributed by atoms with van der Waals surface area (Å²) in [4.78, 5) is 10.8. The van der Waals surface area contributed by atoms with Crippen LogP contribution in [0.1, 0.15) is 6.42 Å². The van der Waals surface area contributed by atoms with Crippen molar-refractivity contribution in [3.8, 4) is 0 Å². The van der Waals surface area contributed by atoms with E-state index in [-0.39, 0.29) is 11.8 Å². The lowest BCUT2D eigenvalue weighted by atomic mass is 10.2. The van der Waals surface area contributed by atoms with Gasteiger partial charge in [-0.15, -0.1) is 6.58 Å². The Bertz CT molecular complexity index is 178. The third kappa shape index (κ3) is 0.743. The van der Waals surface area contributed by atoms with E-state index < -0.39 is 5.54 Å². The summed E-state index contributed by atoms with van der Waals surface area (Å²) in [5.41, 5.74) is 4.69. The first-order chi connectivity index (χ1) is 4.67. The molecule has 1 aliphatic rings. The van der Waals surface area contributed by atoms with Crippen molar-refractivity contribution >= 4 is 5.91 Å². The molecule has 56 valence electrons. The van der Waals surface area contributed by atoms with Gasteiger partial charge in [0, 0.05) is 5.92 Å². The molecular weight excluding hydrogens is 128 g/mol. The van der Waals surface area contributed by atoms with Gasteiger partial charge in [-0.05, 0) is 13.5 Å². The molecule has 0 bridgehead atoms. The third-order valence-corrected chi connectivity index (χ3v) is 2.19. The maximum Gasteiger partial charge on any atom is 0.238 e. The van der Waals surface area contributed by atoms with Gasteiger partial charge >= 0.3 is 0 Å². The van der Waals surface area contributed by atoms with Crippen molar-refractivity contribution in [2.45, 2.75) is 12.0 Å². The average Bonchev–Trinajstić information content (AvgIpc) is 2.62. The van der Waals surface area contributed by atoms with Crippen LogP contribution in [0.15, 0.2) is 12.7 Å². The Balaban J connectivity index is 2.67. The minimum atomic E-state index is -0.470. The Morgan fingerprint density at radius 3 is 2.70 bits per heavy atom. The second-order valence-corrected chi connectivity index (χ2v) is 2.63. The van der Waals surface area contributed by atoms with Gasteiger partial charge in [0.1, 0.15) is 5.54 Å². The molecule has 10 heavy (non-hydrogen) atoms. The normalized spacial score (nSPS) is 37.1. The number of nitrogens with one attached hydrogen (secondary N) is 1. The zero-order valence-corrected chi connectivity index (χ0v) is 6.05. The Kier molecular flexibility index (Phi) is 1.52. The van der Waals surface area contributed by atoms with Crippen molar-refractivity contribution in [1.29, 1.82) is 0 Å². The molecule has 0 aromatic rings. The van der Waals surface area contributed by atoms with Crippen LogP contribution in [0.2, 0.25) is 0 Å². The number of carbonyl (C=O) groups excluding carboxylic acids is 1. The van der Waals surface area contributed by atoms with Gasteiger partial charge in [0.25, 0.3) is 0 Å². The Hall–Kier alpha value is -0.830. The minimum absolute atomic E-state index is 0.231. The summed E-state index contributed by atoms with van der Waals surface area (Å²) in [5.74, 6) is -0.0464. The SMILES string of the molecule is C=CC1CC1(NC)C(N)=O. The smallest absolute Gasteiger partial charge is 0.238 e. The molecule has 0 aromatic heterocycles. The van der Waals surface area contributed by atoms with E-state index in [1.807, 2.05) is 0 Å². The second-order valence-electron chi connectivity index (χ2n) is 2.63. The van der Waals surface area contributed by atoms with E-state index >= 15 is 0 Å². The fourth-order valence-electron chi connectivity index (χ4n) is 1.27. The van der Waals surface area contributed by atoms with Crippen LogP contribution in [-0.2, 0) is 4.79 Å². The van der Waals surface area contributed by atoms with Gasteiger partial charge in [0.15, 0.2) is 0 Å². The molecule has 0 aliphatic heterocycles. The highest BCUT2D eigenvalue weighted by Crippen LogP contribution is 2.43. The largest absolute Gasteiger partial charge is 0.368 e. The van der Waals surface area contributed by atoms with E-state index in [9.17, 15) is 4.79 Å². The highest BCUT2D eigenvalue weighted by Gasteiger charge is 2.56. The predicted octanol–water partition coefficient (Wildman–Crippen LogP) is -0.364. The number of amides is 1. The monoisotopic (exact) mass is 140 g/mol. The molecular formula is C7H12N2O. The lowest BCUT2D eigenvalue weighted by Gasteiger charge is -2.09. The van der Waals surface area contributed by atoms with Crippen LogP contribution in [0.25, 0.3) is 0 Å². The van der Waals surface area contributed by atoms with Crippen LogP contribution in [0.4, 0.5) is 0 Å². The fourth-order valence-corrected chi connectivity index (χ4v) is 1.27. The van der Waals surface area contributed by atoms with Crippen LogP contribution in [0.5, 0.6) is 0 Å². The number of nitrogens with two attached hydrogens (primary N) is 1. The van der Waals surface area contributed by atoms with Crippen LogP contribution >= 0.6 is 0 Å². The van der Waals surface area contributed by atoms with Crippen LogP contribution in [-0.4, -0.2) is 18.5 Å². The standard InChI is InChI=1S/C7H12N2O/c1-3-5-4-7(5,9-2)6(8)10/h3,5,9H,1,4H2,2H3,(H2,8,10). The second kappa shape index (κ2) is 2.09. The summed E-state index contributed by atoms with van der Waals surface area (Å²) >= 11 is 0. The zero-order chi connectivity index (χ0) is 7.78. The molecule has 3 N–H and O–H groups in total. The van der Waals surface area contributed by atoms with E-state index in [2.05, 4.69) is 11.9 Å². The molecule has 1 rings (SSSR count). The van der Waals surface area contributed by atoms with E-state index in [0.29, 0.717) is 0 Å². The topological polar surface area (TPSA) is 55.1 Å². The van der Waals surface area contributed by atoms with Crippen molar-refractivity contribution in [2.75, 3.05) is 7.05 Å². The molecule has 1 fully saturated rings. The molecule has 1 saturated carbocycles. The molecule has 3 nitrogen and oxygen atoms in total. The summed E-state index contributed by atoms with van der Waals surface area (Å²) in [7, 11) is 1.74. The molecule has 0 radical (unpaired) electrons. The molecule has 0 saturated heterocycles. The quantitative estimate of drug-likeness (QED) is 0.526. The lowest BCUT2D eigenvalue weighted by Crippen LogP contribution is -2.43. The van der Waals surface area contributed by atoms with Crippen LogP contribution < -0.4 is 11.1 Å². The first kappa shape index (κ1) is 7.28. The highest BCUT2D eigenvalue weighted by atomic mass is 16.1. The lowest BCUT2D eigenvalue weighted by molar-refractivity contribution is -0.121. The molecule has 0 spiro atoms. The summed E-state index contributed by atoms with van der Waals surface area (Å²) < 4.78 is 0. The number of hydrogen-bond acceptors (Lipinski definition) is 2. The summed E-state index contributed by atoms with van der Waals surface area (Å²) in [6.07, 6.45) is 2.56. The number of rotatable bonds is 3. The van der Waals surface area contributed by atoms with Gasteiger partial charge in [0.2, 0.25) is 5.91 Å². The maximum absolute atomic E-state index is 10.8. The van der Waals surface area contributed by atoms with Gasteiger partial charge in [-0.2, -0.15) is 0 Å². The van der Waals surface area contributed by atoms with Crippen molar-refractivity contribution in [1.82, 2.24) is 5.32 Å². The molecule has 3 heteroatoms. The number of carbonyl (C=O) groups is 1. The number of hydrogen-bond donors (Lipinski definition) is 2. The molecule has 1 aliphatic carbocycles. The van der Waals surface area contributed by atoms with Crippen molar-refractivity contribution in [3.05, 3.63) is 12.7 Å². The van der Waals surface area contributed by atoms with Gasteiger partial charge in [-0.1, -0.05) is 6.08 Å². The Labute approximate surface area is 60.3 Å². The van der Waals surface area contributed by atoms with E-state index in [1.165, 1.54) is 0 Å². The fraction of sp³-hybridized carbons (Fsp3) is 0.571. The van der Waals surface area contributed by atoms with Crippen LogP contribution in [0, 0.1) is 5.92 Å². The first-order valence-corrected chi connectivity index (χ1v) is 3.28. The zero-order valence-electron chi connectivity index (χ0n) is 6.05. The molecule has 1 amide bonds. The van der Waals surface area contributed by atoms with Crippen LogP contribution in [0.3, 0.4) is 0 Å². The number of likely N-dealkylation sites (N-methyl/N-ethyl adjacent to an activating group) is 1. The van der Waals surface area contributed by atoms with E-state index in [0.717, 1.165) is 6.42 Å². The Morgan fingerprint density at radius 1 is 2.00 bits per heavy atom. The van der Waals surface area contributed by atoms with Gasteiger partial charge in [0.05, 0.1) is 0 Å². The predicted molar refractivity (Wildman–Crippen MR) is 39.3 cm³/mol. The first-order valence-electron chi connectivity index (χ1n) is 3.28. The summed E-state index contributed by atoms with van der Waals surface area (Å²) in [6.45, 7) is 3.60. The van der Waals surface area contributed by atoms with E-state index in [4.69, 9.17) is 5.73 Å². The maximum atomic E-state index is 10.8. The summed E-state index contributed by atoms with van der Waals surface area (Å²) in [6, 6.07) is 0. The Morgan fingerprint density at radius 2 is 2.60 bits per heavy atom.